The van der Waals surface area contributed by atoms with E-state index in [-0.39, 0.29) is 5.91 Å². The van der Waals surface area contributed by atoms with Crippen LogP contribution in [0.15, 0.2) is 24.3 Å². The lowest BCUT2D eigenvalue weighted by atomic mass is 10.1. The first-order chi connectivity index (χ1) is 15.3. The second kappa shape index (κ2) is 7.75. The summed E-state index contributed by atoms with van der Waals surface area (Å²) in [5.74, 6) is 0.622. The molecule has 1 saturated heterocycles. The Hall–Kier alpha value is -3.18. The summed E-state index contributed by atoms with van der Waals surface area (Å²) in [5.41, 5.74) is 1.09. The van der Waals surface area contributed by atoms with E-state index in [4.69, 9.17) is 4.98 Å². The maximum atomic E-state index is 13.3. The third kappa shape index (κ3) is 3.28. The minimum atomic E-state index is -1.06. The summed E-state index contributed by atoms with van der Waals surface area (Å²) in [6.07, 6.45) is -0.735. The molecule has 1 aromatic carbocycles. The van der Waals surface area contributed by atoms with Crippen LogP contribution < -0.4 is 4.90 Å². The third-order valence-electron chi connectivity index (χ3n) is 5.92. The molecule has 2 aliphatic heterocycles. The van der Waals surface area contributed by atoms with Gasteiger partial charge in [-0.25, -0.2) is 14.4 Å². The molecule has 0 bridgehead atoms. The Labute approximate surface area is 187 Å². The van der Waals surface area contributed by atoms with Crippen molar-refractivity contribution in [1.29, 1.82) is 0 Å². The van der Waals surface area contributed by atoms with Crippen molar-refractivity contribution < 1.29 is 19.1 Å². The molecule has 0 aliphatic carbocycles. The monoisotopic (exact) mass is 456 g/mol. The van der Waals surface area contributed by atoms with Crippen LogP contribution in [-0.2, 0) is 11.3 Å². The van der Waals surface area contributed by atoms with Crippen molar-refractivity contribution in [2.45, 2.75) is 39.0 Å². The Bertz CT molecular complexity index is 1210. The van der Waals surface area contributed by atoms with E-state index in [2.05, 4.69) is 9.36 Å². The molecule has 11 heteroatoms. The third-order valence-corrected chi connectivity index (χ3v) is 6.72. The average Bonchev–Trinajstić information content (AvgIpc) is 3.46. The lowest BCUT2D eigenvalue weighted by Crippen LogP contribution is -2.42. The van der Waals surface area contributed by atoms with Crippen molar-refractivity contribution in [3.8, 4) is 10.8 Å². The van der Waals surface area contributed by atoms with Gasteiger partial charge >= 0.3 is 0 Å². The molecule has 0 spiro atoms. The minimum Gasteiger partial charge on any atom is -0.383 e. The number of rotatable bonds is 3. The summed E-state index contributed by atoms with van der Waals surface area (Å²) in [7, 11) is 0. The van der Waals surface area contributed by atoms with Gasteiger partial charge in [-0.3, -0.25) is 14.5 Å². The Morgan fingerprint density at radius 2 is 1.94 bits per heavy atom. The standard InChI is InChI=1S/C21H21FN6O3S/c1-11-16-17(28-8-7-15(29)21(28)31)24-18(19-23-12(2)25-32-19)27(16)10-9-26(11)20(30)13-3-5-14(22)6-4-13/h3-6,11,15,29H,7-10H2,1-2H3/t11-,15+/m1/s1. The number of imidazole rings is 1. The number of anilines is 1. The van der Waals surface area contributed by atoms with Gasteiger partial charge in [0.1, 0.15) is 17.7 Å². The summed E-state index contributed by atoms with van der Waals surface area (Å²) in [4.78, 5) is 38.2. The first kappa shape index (κ1) is 20.7. The van der Waals surface area contributed by atoms with Crippen LogP contribution in [0.1, 0.15) is 41.3 Å². The first-order valence-electron chi connectivity index (χ1n) is 10.3. The molecule has 1 fully saturated rings. The number of nitrogens with zero attached hydrogens (tertiary/aromatic N) is 6. The highest BCUT2D eigenvalue weighted by molar-refractivity contribution is 7.09. The predicted molar refractivity (Wildman–Crippen MR) is 115 cm³/mol. The highest BCUT2D eigenvalue weighted by Crippen LogP contribution is 2.39. The fourth-order valence-corrected chi connectivity index (χ4v) is 4.97. The van der Waals surface area contributed by atoms with Crippen molar-refractivity contribution in [2.24, 2.45) is 0 Å². The van der Waals surface area contributed by atoms with Gasteiger partial charge in [0.15, 0.2) is 16.6 Å². The lowest BCUT2D eigenvalue weighted by molar-refractivity contribution is -0.124. The van der Waals surface area contributed by atoms with Gasteiger partial charge in [-0.05, 0) is 49.6 Å². The molecular formula is C21H21FN6O3S. The van der Waals surface area contributed by atoms with Gasteiger partial charge in [0.2, 0.25) is 0 Å². The van der Waals surface area contributed by atoms with E-state index in [0.29, 0.717) is 59.8 Å². The molecule has 1 N–H and O–H groups in total. The van der Waals surface area contributed by atoms with Gasteiger partial charge in [-0.1, -0.05) is 0 Å². The van der Waals surface area contributed by atoms with Crippen molar-refractivity contribution >= 4 is 29.2 Å². The number of hydrogen-bond acceptors (Lipinski definition) is 7. The maximum absolute atomic E-state index is 13.3. The molecule has 3 aromatic rings. The molecule has 2 amide bonds. The van der Waals surface area contributed by atoms with Crippen LogP contribution in [0.3, 0.4) is 0 Å². The maximum Gasteiger partial charge on any atom is 0.257 e. The molecule has 2 atom stereocenters. The summed E-state index contributed by atoms with van der Waals surface area (Å²) in [6, 6.07) is 5.05. The van der Waals surface area contributed by atoms with Crippen molar-refractivity contribution in [1.82, 2.24) is 23.8 Å². The zero-order chi connectivity index (χ0) is 22.6. The molecule has 9 nitrogen and oxygen atoms in total. The zero-order valence-electron chi connectivity index (χ0n) is 17.5. The first-order valence-corrected chi connectivity index (χ1v) is 11.1. The number of aryl methyl sites for hydroxylation is 1. The number of aliphatic hydroxyl groups excluding tert-OH is 1. The number of aliphatic hydroxyl groups is 1. The number of fused-ring (bicyclic) bond motifs is 1. The van der Waals surface area contributed by atoms with E-state index in [9.17, 15) is 19.1 Å². The fourth-order valence-electron chi connectivity index (χ4n) is 4.30. The average molecular weight is 457 g/mol. The van der Waals surface area contributed by atoms with Crippen LogP contribution in [0, 0.1) is 12.7 Å². The highest BCUT2D eigenvalue weighted by atomic mass is 32.1. The Balaban J connectivity index is 1.58. The zero-order valence-corrected chi connectivity index (χ0v) is 18.3. The quantitative estimate of drug-likeness (QED) is 0.648. The fraction of sp³-hybridized carbons (Fsp3) is 0.381. The second-order valence-electron chi connectivity index (χ2n) is 7.92. The SMILES string of the molecule is Cc1nsc(-c2nc(N3CC[C@H](O)C3=O)c3n2CCN(C(=O)c2ccc(F)cc2)[C@@H]3C)n1. The Morgan fingerprint density at radius 3 is 2.56 bits per heavy atom. The largest absolute Gasteiger partial charge is 0.383 e. The minimum absolute atomic E-state index is 0.225. The van der Waals surface area contributed by atoms with Gasteiger partial charge in [0, 0.05) is 31.6 Å². The molecular weight excluding hydrogens is 435 g/mol. The smallest absolute Gasteiger partial charge is 0.257 e. The van der Waals surface area contributed by atoms with Crippen LogP contribution in [0.25, 0.3) is 10.8 Å². The van der Waals surface area contributed by atoms with Gasteiger partial charge in [-0.15, -0.1) is 0 Å². The number of carbonyl (C=O) groups is 2. The number of benzene rings is 1. The molecule has 2 aliphatic rings. The van der Waals surface area contributed by atoms with E-state index in [1.54, 1.807) is 11.8 Å². The van der Waals surface area contributed by atoms with Gasteiger partial charge in [0.05, 0.1) is 11.7 Å². The van der Waals surface area contributed by atoms with Crippen LogP contribution in [-0.4, -0.2) is 59.9 Å². The number of aromatic nitrogens is 4. The van der Waals surface area contributed by atoms with E-state index in [1.807, 2.05) is 11.5 Å². The van der Waals surface area contributed by atoms with E-state index in [1.165, 1.54) is 40.7 Å². The Kier molecular flexibility index (Phi) is 5.01. The number of halogens is 1. The molecule has 32 heavy (non-hydrogen) atoms. The number of carbonyl (C=O) groups excluding carboxylic acids is 2. The van der Waals surface area contributed by atoms with Crippen molar-refractivity contribution in [3.05, 3.63) is 47.2 Å². The second-order valence-corrected chi connectivity index (χ2v) is 8.67. The van der Waals surface area contributed by atoms with E-state index < -0.39 is 23.9 Å². The highest BCUT2D eigenvalue weighted by Gasteiger charge is 2.40. The van der Waals surface area contributed by atoms with Crippen LogP contribution >= 0.6 is 11.5 Å². The number of amides is 2. The van der Waals surface area contributed by atoms with Crippen LogP contribution in [0.4, 0.5) is 10.2 Å². The molecule has 4 heterocycles. The molecule has 5 rings (SSSR count). The molecule has 0 unspecified atom stereocenters. The van der Waals surface area contributed by atoms with Crippen LogP contribution in [0.2, 0.25) is 0 Å². The summed E-state index contributed by atoms with van der Waals surface area (Å²) in [6.45, 7) is 4.90. The van der Waals surface area contributed by atoms with Crippen molar-refractivity contribution in [3.63, 3.8) is 0 Å². The van der Waals surface area contributed by atoms with E-state index in [0.717, 1.165) is 0 Å². The van der Waals surface area contributed by atoms with Gasteiger partial charge in [0.25, 0.3) is 11.8 Å². The summed E-state index contributed by atoms with van der Waals surface area (Å²) >= 11 is 1.23. The van der Waals surface area contributed by atoms with Gasteiger partial charge in [-0.2, -0.15) is 4.37 Å². The van der Waals surface area contributed by atoms with Crippen molar-refractivity contribution in [2.75, 3.05) is 18.0 Å². The van der Waals surface area contributed by atoms with E-state index >= 15 is 0 Å². The lowest BCUT2D eigenvalue weighted by Gasteiger charge is -2.36. The van der Waals surface area contributed by atoms with Crippen LogP contribution in [0.5, 0.6) is 0 Å². The summed E-state index contributed by atoms with van der Waals surface area (Å²) in [5, 5.41) is 10.6. The predicted octanol–water partition coefficient (Wildman–Crippen LogP) is 2.16. The Morgan fingerprint density at radius 1 is 1.19 bits per heavy atom. The summed E-state index contributed by atoms with van der Waals surface area (Å²) < 4.78 is 19.5. The topological polar surface area (TPSA) is 104 Å². The number of hydrogen-bond donors (Lipinski definition) is 1. The van der Waals surface area contributed by atoms with Gasteiger partial charge < -0.3 is 14.6 Å². The molecule has 0 radical (unpaired) electrons. The molecule has 2 aromatic heterocycles. The molecule has 166 valence electrons. The normalized spacial score (nSPS) is 20.7. The molecule has 0 saturated carbocycles.